The first-order valence-electron chi connectivity index (χ1n) is 43.7. The van der Waals surface area contributed by atoms with Gasteiger partial charge in [-0.15, -0.1) is 0 Å². The molecule has 6 heteroatoms. The third-order valence-corrected chi connectivity index (χ3v) is 22.2. The molecule has 5 fully saturated rings. The minimum absolute atomic E-state index is 0.246. The average molecular weight is 1380 g/mol. The van der Waals surface area contributed by atoms with Crippen molar-refractivity contribution in [3.63, 3.8) is 0 Å². The van der Waals surface area contributed by atoms with Gasteiger partial charge in [0, 0.05) is 44.6 Å². The number of carbonyl (C=O) groups is 1. The van der Waals surface area contributed by atoms with Crippen LogP contribution in [0.5, 0.6) is 0 Å². The molecule has 0 aromatic rings. The smallest absolute Gasteiger partial charge is 0.170 e. The summed E-state index contributed by atoms with van der Waals surface area (Å²) in [6.07, 6.45) is 113. The predicted octanol–water partition coefficient (Wildman–Crippen LogP) is 29.3. The molecule has 99 heavy (non-hydrogen) atoms. The van der Waals surface area contributed by atoms with Crippen molar-refractivity contribution < 1.29 is 23.7 Å². The number of nitrogens with zero attached hydrogens (tertiary/aromatic N) is 1. The van der Waals surface area contributed by atoms with Crippen LogP contribution in [0.1, 0.15) is 420 Å². The van der Waals surface area contributed by atoms with E-state index in [2.05, 4.69) is 158 Å². The van der Waals surface area contributed by atoms with Gasteiger partial charge >= 0.3 is 0 Å². The Hall–Kier alpha value is -2.61. The van der Waals surface area contributed by atoms with E-state index >= 15 is 0 Å². The van der Waals surface area contributed by atoms with Gasteiger partial charge in [0.2, 0.25) is 0 Å². The van der Waals surface area contributed by atoms with Gasteiger partial charge in [-0.05, 0) is 199 Å². The van der Waals surface area contributed by atoms with Crippen molar-refractivity contribution >= 4 is 5.78 Å². The van der Waals surface area contributed by atoms with Crippen molar-refractivity contribution in [2.24, 2.45) is 11.8 Å². The maximum atomic E-state index is 10.6. The fourth-order valence-corrected chi connectivity index (χ4v) is 15.5. The first kappa shape index (κ1) is 90.6. The van der Waals surface area contributed by atoms with Crippen molar-refractivity contribution in [1.82, 2.24) is 4.90 Å². The van der Waals surface area contributed by atoms with Gasteiger partial charge < -0.3 is 23.8 Å². The maximum absolute atomic E-state index is 10.6. The minimum Gasteiger partial charge on any atom is -0.344 e. The highest BCUT2D eigenvalue weighted by Crippen LogP contribution is 2.48. The molecule has 0 aromatic heterocycles. The molecule has 0 N–H and O–H groups in total. The fourth-order valence-electron chi connectivity index (χ4n) is 15.5. The van der Waals surface area contributed by atoms with E-state index in [1.54, 1.807) is 0 Å². The van der Waals surface area contributed by atoms with E-state index < -0.39 is 0 Å². The summed E-state index contributed by atoms with van der Waals surface area (Å²) in [5.41, 5.74) is 0. The molecular formula is C93H165NO5. The number of unbranched alkanes of at least 4 members (excludes halogenated alkanes) is 32. The lowest BCUT2D eigenvalue weighted by atomic mass is 9.99. The third kappa shape index (κ3) is 47.5. The second kappa shape index (κ2) is 63.8. The monoisotopic (exact) mass is 1380 g/mol. The summed E-state index contributed by atoms with van der Waals surface area (Å²) in [6.45, 7) is 13.6. The van der Waals surface area contributed by atoms with Crippen LogP contribution in [0.15, 0.2) is 97.2 Å². The van der Waals surface area contributed by atoms with Crippen LogP contribution < -0.4 is 0 Å². The molecular weight excluding hydrogens is 1210 g/mol. The van der Waals surface area contributed by atoms with Crippen LogP contribution in [-0.2, 0) is 23.7 Å². The summed E-state index contributed by atoms with van der Waals surface area (Å²) in [4.78, 5) is 13.0. The zero-order valence-electron chi connectivity index (χ0n) is 67.0. The predicted molar refractivity (Wildman–Crippen MR) is 434 cm³/mol. The van der Waals surface area contributed by atoms with Gasteiger partial charge in [-0.3, -0.25) is 4.79 Å². The molecule has 5 rings (SSSR count). The zero-order chi connectivity index (χ0) is 71.1. The molecule has 2 heterocycles. The molecule has 0 bridgehead atoms. The molecule has 3 saturated carbocycles. The van der Waals surface area contributed by atoms with Crippen LogP contribution in [-0.4, -0.2) is 66.8 Å². The normalized spacial score (nSPS) is 24.2. The highest BCUT2D eigenvalue weighted by Gasteiger charge is 2.52. The standard InChI is InChI=1S/C43H77NO2.C43H76O2.C7H12O/c1-5-7-9-11-13-15-17-19-21-23-25-27-29-31-33-35-41-42(46-43(45-41)38-37-40(39-43)44(3)4)36-34-32-30-28-26-24-22-20-18-16-14-12-10-8-6-2;1-4-7-9-11-13-15-17-19-21-23-25-27-29-31-33-35-41-42(45-43(44-41)38-37-40(6-3)39-43)36-34-32-30-28-26-24-22-20-18-16-14-12-10-8-5-2;1-2-6-3-4-7(8)5-6/h13-16,19-22,40-42H,5-12,17-18,23-39H2,1-4H3;13-16,19-22,40-42H,4-12,17-18,23-39H2,1-3H3;6H,2-5H2,1H3/b2*15-13-,16-14-,21-19-,22-20-;. The van der Waals surface area contributed by atoms with Crippen LogP contribution in [0.3, 0.4) is 0 Å². The quantitative estimate of drug-likeness (QED) is 0.0447. The number of ketones is 1. The summed E-state index contributed by atoms with van der Waals surface area (Å²) in [5, 5.41) is 0. The average Bonchev–Trinajstić information content (AvgIpc) is 1.65. The molecule has 572 valence electrons. The second-order valence-corrected chi connectivity index (χ2v) is 31.5. The highest BCUT2D eigenvalue weighted by atomic mass is 16.8. The summed E-state index contributed by atoms with van der Waals surface area (Å²) >= 11 is 0. The Morgan fingerprint density at radius 3 is 0.838 bits per heavy atom. The molecule has 2 saturated heterocycles. The summed E-state index contributed by atoms with van der Waals surface area (Å²) in [5.74, 6) is 1.43. The van der Waals surface area contributed by atoms with Crippen LogP contribution in [0.25, 0.3) is 0 Å². The Morgan fingerprint density at radius 2 is 0.596 bits per heavy atom. The van der Waals surface area contributed by atoms with Crippen molar-refractivity contribution in [3.05, 3.63) is 97.2 Å². The summed E-state index contributed by atoms with van der Waals surface area (Å²) < 4.78 is 27.2. The van der Waals surface area contributed by atoms with Crippen LogP contribution >= 0.6 is 0 Å². The van der Waals surface area contributed by atoms with E-state index in [9.17, 15) is 4.79 Å². The van der Waals surface area contributed by atoms with Gasteiger partial charge in [0.25, 0.3) is 0 Å². The lowest BCUT2D eigenvalue weighted by molar-refractivity contribution is -0.173. The van der Waals surface area contributed by atoms with Gasteiger partial charge in [0.1, 0.15) is 5.78 Å². The van der Waals surface area contributed by atoms with Crippen LogP contribution in [0.4, 0.5) is 0 Å². The van der Waals surface area contributed by atoms with E-state index in [-0.39, 0.29) is 11.6 Å². The largest absolute Gasteiger partial charge is 0.344 e. The lowest BCUT2D eigenvalue weighted by Crippen LogP contribution is -2.32. The van der Waals surface area contributed by atoms with E-state index in [0.29, 0.717) is 36.2 Å². The second-order valence-electron chi connectivity index (χ2n) is 31.5. The maximum Gasteiger partial charge on any atom is 0.170 e. The number of carbonyl (C=O) groups excluding carboxylic acids is 1. The molecule has 2 spiro atoms. The molecule has 0 aromatic carbocycles. The Labute approximate surface area is 616 Å². The Morgan fingerprint density at radius 1 is 0.323 bits per heavy atom. The van der Waals surface area contributed by atoms with Gasteiger partial charge in [-0.25, -0.2) is 0 Å². The Balaban J connectivity index is 0.000000461. The molecule has 5 aliphatic rings. The van der Waals surface area contributed by atoms with Gasteiger partial charge in [-0.1, -0.05) is 306 Å². The van der Waals surface area contributed by atoms with Crippen LogP contribution in [0.2, 0.25) is 0 Å². The topological polar surface area (TPSA) is 57.2 Å². The molecule has 6 nitrogen and oxygen atoms in total. The minimum atomic E-state index is -0.307. The number of Topliss-reactive ketones (excluding diaryl/α,β-unsaturated/α-hetero) is 1. The van der Waals surface area contributed by atoms with Crippen molar-refractivity contribution in [2.75, 3.05) is 14.1 Å². The SMILES string of the molecule is CCC1CCC(=O)C1.CCCCC/C=C\C/C=C\CCCCCCCC1OC2(CCC(CC)C2)OC1CCCCCCC/C=C\C/C=C\CCCCC.CCCCC/C=C\C/C=C\CCCCCCCC1OC2(CCC(N(C)C)C2)OC1CCCCCCC/C=C\C/C=C\CCCCC. The highest BCUT2D eigenvalue weighted by molar-refractivity contribution is 5.80. The van der Waals surface area contributed by atoms with E-state index in [4.69, 9.17) is 18.9 Å². The third-order valence-electron chi connectivity index (χ3n) is 22.2. The molecule has 7 unspecified atom stereocenters. The first-order chi connectivity index (χ1) is 48.7. The fraction of sp³-hybridized carbons (Fsp3) is 0.817. The van der Waals surface area contributed by atoms with E-state index in [0.717, 1.165) is 82.5 Å². The Bertz CT molecular complexity index is 1970. The molecule has 3 aliphatic carbocycles. The lowest BCUT2D eigenvalue weighted by Gasteiger charge is -2.25. The number of hydrogen-bond acceptors (Lipinski definition) is 6. The number of rotatable bonds is 59. The number of allylic oxidation sites excluding steroid dienone is 16. The molecule has 0 radical (unpaired) electrons. The van der Waals surface area contributed by atoms with Crippen molar-refractivity contribution in [1.29, 1.82) is 0 Å². The van der Waals surface area contributed by atoms with Crippen LogP contribution in [0, 0.1) is 11.8 Å². The first-order valence-corrected chi connectivity index (χ1v) is 43.7. The number of hydrogen-bond donors (Lipinski definition) is 0. The Kier molecular flexibility index (Phi) is 58.4. The molecule has 7 atom stereocenters. The van der Waals surface area contributed by atoms with Gasteiger partial charge in [0.05, 0.1) is 24.4 Å². The van der Waals surface area contributed by atoms with Crippen molar-refractivity contribution in [3.8, 4) is 0 Å². The van der Waals surface area contributed by atoms with Gasteiger partial charge in [0.15, 0.2) is 11.6 Å². The summed E-state index contributed by atoms with van der Waals surface area (Å²) in [6, 6.07) is 0.589. The molecule has 0 amide bonds. The van der Waals surface area contributed by atoms with Gasteiger partial charge in [-0.2, -0.15) is 0 Å². The summed E-state index contributed by atoms with van der Waals surface area (Å²) in [7, 11) is 4.41. The number of ether oxygens (including phenoxy) is 4. The van der Waals surface area contributed by atoms with E-state index in [1.807, 2.05) is 0 Å². The molecule has 2 aliphatic heterocycles. The van der Waals surface area contributed by atoms with Crippen molar-refractivity contribution in [2.45, 2.75) is 462 Å². The zero-order valence-corrected chi connectivity index (χ0v) is 67.0. The van der Waals surface area contributed by atoms with E-state index in [1.165, 1.54) is 308 Å².